The highest BCUT2D eigenvalue weighted by Crippen LogP contribution is 2.19. The number of rotatable bonds is 7. The van der Waals surface area contributed by atoms with Crippen LogP contribution in [0.2, 0.25) is 0 Å². The molecule has 0 aromatic heterocycles. The summed E-state index contributed by atoms with van der Waals surface area (Å²) in [5.41, 5.74) is 6.01. The summed E-state index contributed by atoms with van der Waals surface area (Å²) in [5.74, 6) is -2.75. The summed E-state index contributed by atoms with van der Waals surface area (Å²) in [6.07, 6.45) is 4.32. The summed E-state index contributed by atoms with van der Waals surface area (Å²) in [5, 5.41) is 2.65. The van der Waals surface area contributed by atoms with Gasteiger partial charge in [0.25, 0.3) is 5.91 Å². The number of primary amides is 1. The van der Waals surface area contributed by atoms with Gasteiger partial charge in [-0.2, -0.15) is 0 Å². The molecule has 7 nitrogen and oxygen atoms in total. The SMILES string of the molecule is CC(C)C(NC(=O)C1CCN(C(=O)C=Cc2ccccc2)CC1)C(=O)C(N)=O. The highest BCUT2D eigenvalue weighted by Gasteiger charge is 2.32. The summed E-state index contributed by atoms with van der Waals surface area (Å²) < 4.78 is 0. The van der Waals surface area contributed by atoms with E-state index in [0.29, 0.717) is 25.9 Å². The molecule has 1 fully saturated rings. The number of piperidine rings is 1. The first-order valence-electron chi connectivity index (χ1n) is 9.45. The van der Waals surface area contributed by atoms with Crippen LogP contribution < -0.4 is 11.1 Å². The summed E-state index contributed by atoms with van der Waals surface area (Å²) in [4.78, 5) is 49.6. The van der Waals surface area contributed by atoms with E-state index >= 15 is 0 Å². The Morgan fingerprint density at radius 1 is 1.11 bits per heavy atom. The average Bonchev–Trinajstić information content (AvgIpc) is 2.70. The number of Topliss-reactive ketones (excluding diaryl/α,β-unsaturated/α-hetero) is 1. The van der Waals surface area contributed by atoms with Gasteiger partial charge in [-0.3, -0.25) is 19.2 Å². The normalized spacial score (nSPS) is 16.2. The number of carbonyl (C=O) groups excluding carboxylic acids is 4. The molecular weight excluding hydrogens is 358 g/mol. The van der Waals surface area contributed by atoms with E-state index in [2.05, 4.69) is 5.32 Å². The second kappa shape index (κ2) is 9.82. The molecule has 0 saturated carbocycles. The highest BCUT2D eigenvalue weighted by atomic mass is 16.2. The number of likely N-dealkylation sites (tertiary alicyclic amines) is 1. The van der Waals surface area contributed by atoms with Gasteiger partial charge in [0, 0.05) is 25.1 Å². The maximum Gasteiger partial charge on any atom is 0.287 e. The summed E-state index contributed by atoms with van der Waals surface area (Å²) in [7, 11) is 0. The van der Waals surface area contributed by atoms with E-state index in [1.165, 1.54) is 6.08 Å². The Hall–Kier alpha value is -2.96. The topological polar surface area (TPSA) is 110 Å². The molecule has 7 heteroatoms. The summed E-state index contributed by atoms with van der Waals surface area (Å²) in [6.45, 7) is 4.41. The molecule has 0 spiro atoms. The van der Waals surface area contributed by atoms with Crippen molar-refractivity contribution >= 4 is 29.6 Å². The molecule has 1 saturated heterocycles. The molecule has 1 aliphatic heterocycles. The van der Waals surface area contributed by atoms with E-state index < -0.39 is 17.7 Å². The van der Waals surface area contributed by atoms with Crippen molar-refractivity contribution in [1.82, 2.24) is 10.2 Å². The van der Waals surface area contributed by atoms with Crippen LogP contribution in [-0.4, -0.2) is 47.5 Å². The zero-order valence-corrected chi connectivity index (χ0v) is 16.3. The van der Waals surface area contributed by atoms with Gasteiger partial charge in [0.2, 0.25) is 17.6 Å². The molecule has 28 heavy (non-hydrogen) atoms. The molecule has 3 amide bonds. The molecule has 1 aliphatic rings. The number of nitrogens with zero attached hydrogens (tertiary/aromatic N) is 1. The maximum absolute atomic E-state index is 12.5. The Bertz CT molecular complexity index is 750. The molecule has 1 aromatic rings. The van der Waals surface area contributed by atoms with Gasteiger partial charge in [-0.05, 0) is 30.4 Å². The minimum atomic E-state index is -1.05. The van der Waals surface area contributed by atoms with Crippen LogP contribution in [0.15, 0.2) is 36.4 Å². The van der Waals surface area contributed by atoms with Gasteiger partial charge in [0.15, 0.2) is 0 Å². The van der Waals surface area contributed by atoms with Crippen molar-refractivity contribution < 1.29 is 19.2 Å². The second-order valence-corrected chi connectivity index (χ2v) is 7.30. The molecule has 1 unspecified atom stereocenters. The third-order valence-corrected chi connectivity index (χ3v) is 4.89. The zero-order chi connectivity index (χ0) is 20.7. The minimum absolute atomic E-state index is 0.0910. The second-order valence-electron chi connectivity index (χ2n) is 7.30. The highest BCUT2D eigenvalue weighted by molar-refractivity contribution is 6.37. The third-order valence-electron chi connectivity index (χ3n) is 4.89. The molecule has 0 radical (unpaired) electrons. The number of ketones is 1. The smallest absolute Gasteiger partial charge is 0.287 e. The lowest BCUT2D eigenvalue weighted by Gasteiger charge is -2.31. The monoisotopic (exact) mass is 385 g/mol. The van der Waals surface area contributed by atoms with Crippen molar-refractivity contribution in [3.63, 3.8) is 0 Å². The van der Waals surface area contributed by atoms with Gasteiger partial charge in [-0.25, -0.2) is 0 Å². The number of amides is 3. The Labute approximate surface area is 165 Å². The lowest BCUT2D eigenvalue weighted by Crippen LogP contribution is -2.52. The quantitative estimate of drug-likeness (QED) is 0.542. The van der Waals surface area contributed by atoms with E-state index in [9.17, 15) is 19.2 Å². The molecule has 3 N–H and O–H groups in total. The van der Waals surface area contributed by atoms with Crippen molar-refractivity contribution in [2.45, 2.75) is 32.7 Å². The Kier molecular flexibility index (Phi) is 7.49. The number of hydrogen-bond donors (Lipinski definition) is 2. The molecule has 2 rings (SSSR count). The standard InChI is InChI=1S/C21H27N3O4/c1-14(2)18(19(26)20(22)27)23-21(28)16-10-12-24(13-11-16)17(25)9-8-15-6-4-3-5-7-15/h3-9,14,16,18H,10-13H2,1-2H3,(H2,22,27)(H,23,28). The van der Waals surface area contributed by atoms with Crippen molar-refractivity contribution in [3.8, 4) is 0 Å². The maximum atomic E-state index is 12.5. The molecule has 0 bridgehead atoms. The van der Waals surface area contributed by atoms with Crippen LogP contribution in [0.5, 0.6) is 0 Å². The van der Waals surface area contributed by atoms with Crippen LogP contribution >= 0.6 is 0 Å². The van der Waals surface area contributed by atoms with E-state index in [4.69, 9.17) is 5.73 Å². The lowest BCUT2D eigenvalue weighted by atomic mass is 9.93. The number of nitrogens with one attached hydrogen (secondary N) is 1. The van der Waals surface area contributed by atoms with Gasteiger partial charge >= 0.3 is 0 Å². The molecule has 150 valence electrons. The third kappa shape index (κ3) is 5.77. The van der Waals surface area contributed by atoms with E-state index in [1.807, 2.05) is 30.3 Å². The van der Waals surface area contributed by atoms with Gasteiger partial charge in [-0.1, -0.05) is 44.2 Å². The van der Waals surface area contributed by atoms with E-state index in [-0.39, 0.29) is 23.7 Å². The first-order valence-corrected chi connectivity index (χ1v) is 9.45. The fraction of sp³-hybridized carbons (Fsp3) is 0.429. The largest absolute Gasteiger partial charge is 0.363 e. The first-order chi connectivity index (χ1) is 13.3. The summed E-state index contributed by atoms with van der Waals surface area (Å²) in [6, 6.07) is 8.63. The number of hydrogen-bond acceptors (Lipinski definition) is 4. The van der Waals surface area contributed by atoms with Crippen LogP contribution in [0, 0.1) is 11.8 Å². The molecular formula is C21H27N3O4. The van der Waals surface area contributed by atoms with Crippen LogP contribution in [0.25, 0.3) is 6.08 Å². The number of carbonyl (C=O) groups is 4. The van der Waals surface area contributed by atoms with Crippen LogP contribution in [-0.2, 0) is 19.2 Å². The van der Waals surface area contributed by atoms with Crippen LogP contribution in [0.1, 0.15) is 32.3 Å². The lowest BCUT2D eigenvalue weighted by molar-refractivity contribution is -0.140. The van der Waals surface area contributed by atoms with Gasteiger partial charge in [0.05, 0.1) is 6.04 Å². The van der Waals surface area contributed by atoms with Crippen molar-refractivity contribution in [2.24, 2.45) is 17.6 Å². The number of benzene rings is 1. The van der Waals surface area contributed by atoms with Crippen LogP contribution in [0.4, 0.5) is 0 Å². The molecule has 0 aliphatic carbocycles. The molecule has 1 aromatic carbocycles. The fourth-order valence-electron chi connectivity index (χ4n) is 3.16. The average molecular weight is 385 g/mol. The molecule has 1 heterocycles. The van der Waals surface area contributed by atoms with Crippen molar-refractivity contribution in [1.29, 1.82) is 0 Å². The molecule has 1 atom stereocenters. The Morgan fingerprint density at radius 2 is 1.71 bits per heavy atom. The van der Waals surface area contributed by atoms with E-state index in [1.54, 1.807) is 24.8 Å². The van der Waals surface area contributed by atoms with Crippen molar-refractivity contribution in [3.05, 3.63) is 42.0 Å². The first kappa shape index (κ1) is 21.3. The minimum Gasteiger partial charge on any atom is -0.363 e. The predicted molar refractivity (Wildman–Crippen MR) is 106 cm³/mol. The Balaban J connectivity index is 1.87. The predicted octanol–water partition coefficient (Wildman–Crippen LogP) is 1.13. The van der Waals surface area contributed by atoms with E-state index in [0.717, 1.165) is 5.56 Å². The summed E-state index contributed by atoms with van der Waals surface area (Å²) >= 11 is 0. The van der Waals surface area contributed by atoms with Gasteiger partial charge in [-0.15, -0.1) is 0 Å². The van der Waals surface area contributed by atoms with Gasteiger partial charge in [0.1, 0.15) is 0 Å². The Morgan fingerprint density at radius 3 is 2.25 bits per heavy atom. The van der Waals surface area contributed by atoms with Crippen molar-refractivity contribution in [2.75, 3.05) is 13.1 Å². The zero-order valence-electron chi connectivity index (χ0n) is 16.3. The van der Waals surface area contributed by atoms with Gasteiger partial charge < -0.3 is 16.0 Å². The van der Waals surface area contributed by atoms with Crippen LogP contribution in [0.3, 0.4) is 0 Å². The fourth-order valence-corrected chi connectivity index (χ4v) is 3.16. The number of nitrogens with two attached hydrogens (primary N) is 1.